The van der Waals surface area contributed by atoms with Gasteiger partial charge in [0.25, 0.3) is 0 Å². The molecule has 0 bridgehead atoms. The maximum atomic E-state index is 13.8. The van der Waals surface area contributed by atoms with E-state index in [0.717, 1.165) is 10.6 Å². The van der Waals surface area contributed by atoms with Crippen LogP contribution >= 0.6 is 0 Å². The molecular formula is C14H21FN2O3S. The van der Waals surface area contributed by atoms with E-state index in [1.165, 1.54) is 18.2 Å². The van der Waals surface area contributed by atoms with Crippen molar-refractivity contribution >= 4 is 21.6 Å². The Morgan fingerprint density at radius 3 is 2.33 bits per heavy atom. The van der Waals surface area contributed by atoms with E-state index in [9.17, 15) is 17.6 Å². The molecule has 1 aromatic carbocycles. The van der Waals surface area contributed by atoms with Gasteiger partial charge in [0, 0.05) is 12.0 Å². The van der Waals surface area contributed by atoms with Gasteiger partial charge in [-0.3, -0.25) is 9.10 Å². The summed E-state index contributed by atoms with van der Waals surface area (Å²) in [5.41, 5.74) is -0.585. The molecule has 0 aliphatic rings. The van der Waals surface area contributed by atoms with Gasteiger partial charge in [-0.15, -0.1) is 0 Å². The highest BCUT2D eigenvalue weighted by Crippen LogP contribution is 2.20. The summed E-state index contributed by atoms with van der Waals surface area (Å²) in [6.45, 7) is 5.35. The summed E-state index contributed by atoms with van der Waals surface area (Å²) in [5, 5.41) is 2.65. The molecule has 1 rings (SSSR count). The number of benzene rings is 1. The van der Waals surface area contributed by atoms with Crippen molar-refractivity contribution in [1.82, 2.24) is 5.32 Å². The molecule has 1 N–H and O–H groups in total. The number of carbonyl (C=O) groups is 1. The van der Waals surface area contributed by atoms with Crippen molar-refractivity contribution in [2.24, 2.45) is 5.41 Å². The molecule has 21 heavy (non-hydrogen) atoms. The molecule has 0 aromatic heterocycles. The Balaban J connectivity index is 2.84. The molecule has 0 aliphatic carbocycles. The number of rotatable bonds is 5. The van der Waals surface area contributed by atoms with Crippen molar-refractivity contribution < 1.29 is 17.6 Å². The maximum Gasteiger partial charge on any atom is 0.232 e. The zero-order chi connectivity index (χ0) is 16.3. The van der Waals surface area contributed by atoms with Crippen molar-refractivity contribution in [2.75, 3.05) is 23.7 Å². The Kier molecular flexibility index (Phi) is 5.33. The summed E-state index contributed by atoms with van der Waals surface area (Å²) in [6, 6.07) is 5.63. The third-order valence-corrected chi connectivity index (χ3v) is 3.98. The number of sulfonamides is 1. The summed E-state index contributed by atoms with van der Waals surface area (Å²) in [7, 11) is -3.63. The van der Waals surface area contributed by atoms with E-state index in [1.807, 2.05) is 0 Å². The number of nitrogens with zero attached hydrogens (tertiary/aromatic N) is 1. The lowest BCUT2D eigenvalue weighted by Gasteiger charge is -2.24. The van der Waals surface area contributed by atoms with E-state index in [1.54, 1.807) is 26.8 Å². The van der Waals surface area contributed by atoms with Crippen molar-refractivity contribution in [1.29, 1.82) is 0 Å². The van der Waals surface area contributed by atoms with E-state index >= 15 is 0 Å². The van der Waals surface area contributed by atoms with Gasteiger partial charge in [-0.05, 0) is 12.1 Å². The molecule has 0 heterocycles. The molecule has 0 radical (unpaired) electrons. The fourth-order valence-electron chi connectivity index (χ4n) is 1.66. The van der Waals surface area contributed by atoms with Crippen molar-refractivity contribution in [3.8, 4) is 0 Å². The van der Waals surface area contributed by atoms with E-state index in [2.05, 4.69) is 5.32 Å². The van der Waals surface area contributed by atoms with Crippen molar-refractivity contribution in [2.45, 2.75) is 20.8 Å². The number of anilines is 1. The predicted octanol–water partition coefficient (Wildman–Crippen LogP) is 1.75. The van der Waals surface area contributed by atoms with Gasteiger partial charge >= 0.3 is 0 Å². The second-order valence-corrected chi connectivity index (χ2v) is 7.70. The molecule has 5 nitrogen and oxygen atoms in total. The highest BCUT2D eigenvalue weighted by atomic mass is 32.2. The van der Waals surface area contributed by atoms with Crippen LogP contribution in [-0.2, 0) is 14.8 Å². The summed E-state index contributed by atoms with van der Waals surface area (Å²) < 4.78 is 38.3. The van der Waals surface area contributed by atoms with Gasteiger partial charge in [-0.1, -0.05) is 32.9 Å². The second-order valence-electron chi connectivity index (χ2n) is 5.79. The molecule has 0 unspecified atom stereocenters. The van der Waals surface area contributed by atoms with Gasteiger partial charge in [0.2, 0.25) is 15.9 Å². The average Bonchev–Trinajstić information content (AvgIpc) is 2.33. The van der Waals surface area contributed by atoms with Crippen LogP contribution in [0.1, 0.15) is 20.8 Å². The fraction of sp³-hybridized carbons (Fsp3) is 0.500. The van der Waals surface area contributed by atoms with Crippen LogP contribution < -0.4 is 9.62 Å². The number of nitrogens with one attached hydrogen (secondary N) is 1. The van der Waals surface area contributed by atoms with Crippen LogP contribution in [0.4, 0.5) is 10.1 Å². The highest BCUT2D eigenvalue weighted by Gasteiger charge is 2.23. The van der Waals surface area contributed by atoms with Crippen molar-refractivity contribution in [3.05, 3.63) is 30.1 Å². The minimum Gasteiger partial charge on any atom is -0.354 e. The molecule has 7 heteroatoms. The Labute approximate surface area is 125 Å². The molecule has 0 aliphatic heterocycles. The molecule has 0 fully saturated rings. The lowest BCUT2D eigenvalue weighted by Crippen LogP contribution is -2.42. The SMILES string of the molecule is CC(C)(C)C(=O)NCCN(c1ccccc1F)S(C)(=O)=O. The zero-order valence-corrected chi connectivity index (χ0v) is 13.5. The van der Waals surface area contributed by atoms with Gasteiger partial charge < -0.3 is 5.32 Å². The normalized spacial score (nSPS) is 12.0. The van der Waals surface area contributed by atoms with Crippen LogP contribution in [0.2, 0.25) is 0 Å². The van der Waals surface area contributed by atoms with Gasteiger partial charge in [-0.2, -0.15) is 0 Å². The monoisotopic (exact) mass is 316 g/mol. The number of para-hydroxylation sites is 1. The average molecular weight is 316 g/mol. The summed E-state index contributed by atoms with van der Waals surface area (Å²) in [6.07, 6.45) is 1.00. The lowest BCUT2D eigenvalue weighted by atomic mass is 9.96. The molecule has 0 atom stereocenters. The molecular weight excluding hydrogens is 295 g/mol. The number of carbonyl (C=O) groups excluding carboxylic acids is 1. The Hall–Kier alpha value is -1.63. The lowest BCUT2D eigenvalue weighted by molar-refractivity contribution is -0.128. The molecule has 1 amide bonds. The van der Waals surface area contributed by atoms with E-state index < -0.39 is 21.3 Å². The number of hydrogen-bond acceptors (Lipinski definition) is 3. The molecule has 0 spiro atoms. The zero-order valence-electron chi connectivity index (χ0n) is 12.7. The van der Waals surface area contributed by atoms with Crippen LogP contribution in [0, 0.1) is 11.2 Å². The smallest absolute Gasteiger partial charge is 0.232 e. The highest BCUT2D eigenvalue weighted by molar-refractivity contribution is 7.92. The van der Waals surface area contributed by atoms with Crippen LogP contribution in [0.15, 0.2) is 24.3 Å². The van der Waals surface area contributed by atoms with Gasteiger partial charge in [0.1, 0.15) is 5.82 Å². The van der Waals surface area contributed by atoms with E-state index in [4.69, 9.17) is 0 Å². The van der Waals surface area contributed by atoms with Crippen LogP contribution in [0.3, 0.4) is 0 Å². The number of halogens is 1. The quantitative estimate of drug-likeness (QED) is 0.900. The van der Waals surface area contributed by atoms with Crippen LogP contribution in [-0.4, -0.2) is 33.7 Å². The van der Waals surface area contributed by atoms with E-state index in [-0.39, 0.29) is 24.7 Å². The maximum absolute atomic E-state index is 13.8. The minimum absolute atomic E-state index is 0.0231. The van der Waals surface area contributed by atoms with Crippen molar-refractivity contribution in [3.63, 3.8) is 0 Å². The second kappa shape index (κ2) is 6.43. The summed E-state index contributed by atoms with van der Waals surface area (Å²) >= 11 is 0. The topological polar surface area (TPSA) is 66.5 Å². The molecule has 1 aromatic rings. The molecule has 0 saturated carbocycles. The van der Waals surface area contributed by atoms with Gasteiger partial charge in [0.15, 0.2) is 0 Å². The third kappa shape index (κ3) is 5.00. The summed E-state index contributed by atoms with van der Waals surface area (Å²) in [5.74, 6) is -0.811. The number of hydrogen-bond donors (Lipinski definition) is 1. The van der Waals surface area contributed by atoms with E-state index in [0.29, 0.717) is 0 Å². The minimum atomic E-state index is -3.63. The predicted molar refractivity (Wildman–Crippen MR) is 81.1 cm³/mol. The number of amides is 1. The molecule has 0 saturated heterocycles. The first-order valence-corrected chi connectivity index (χ1v) is 8.39. The van der Waals surface area contributed by atoms with Gasteiger partial charge in [0.05, 0.1) is 18.5 Å². The largest absolute Gasteiger partial charge is 0.354 e. The standard InChI is InChI=1S/C14H21FN2O3S/c1-14(2,3)13(18)16-9-10-17(21(4,19)20)12-8-6-5-7-11(12)15/h5-8H,9-10H2,1-4H3,(H,16,18). The van der Waals surface area contributed by atoms with Crippen LogP contribution in [0.5, 0.6) is 0 Å². The third-order valence-electron chi connectivity index (χ3n) is 2.80. The Morgan fingerprint density at radius 1 is 1.29 bits per heavy atom. The first-order chi connectivity index (χ1) is 9.53. The summed E-state index contributed by atoms with van der Waals surface area (Å²) in [4.78, 5) is 11.7. The first kappa shape index (κ1) is 17.4. The van der Waals surface area contributed by atoms with Gasteiger partial charge in [-0.25, -0.2) is 12.8 Å². The Bertz CT molecular complexity index is 609. The fourth-order valence-corrected chi connectivity index (χ4v) is 2.58. The Morgan fingerprint density at radius 2 is 1.86 bits per heavy atom. The van der Waals surface area contributed by atoms with Crippen LogP contribution in [0.25, 0.3) is 0 Å². The first-order valence-electron chi connectivity index (χ1n) is 6.54. The molecule has 118 valence electrons.